The van der Waals surface area contributed by atoms with Crippen LogP contribution >= 0.6 is 0 Å². The molecule has 2 saturated heterocycles. The fraction of sp³-hybridized carbons (Fsp3) is 0.778. The van der Waals surface area contributed by atoms with E-state index in [1.165, 1.54) is 0 Å². The van der Waals surface area contributed by atoms with Crippen LogP contribution in [0.15, 0.2) is 0 Å². The lowest BCUT2D eigenvalue weighted by Crippen LogP contribution is -2.60. The van der Waals surface area contributed by atoms with Crippen LogP contribution in [0.1, 0.15) is 26.2 Å². The smallest absolute Gasteiger partial charge is 0.245 e. The standard InChI is InChI=1S/C9H14N2O2/c1-2-6-9(13)11-5-3-4-7(11)8(12)10-6/h6-7H,2-5H2,1H3,(H,10,12). The first-order chi connectivity index (χ1) is 6.24. The molecule has 0 aromatic heterocycles. The van der Waals surface area contributed by atoms with Gasteiger partial charge < -0.3 is 10.2 Å². The maximum atomic E-state index is 11.7. The molecular weight excluding hydrogens is 168 g/mol. The van der Waals surface area contributed by atoms with Gasteiger partial charge in [0.15, 0.2) is 0 Å². The van der Waals surface area contributed by atoms with Crippen LogP contribution in [0.3, 0.4) is 0 Å². The quantitative estimate of drug-likeness (QED) is 0.615. The minimum atomic E-state index is -0.276. The van der Waals surface area contributed by atoms with Gasteiger partial charge in [-0.1, -0.05) is 6.92 Å². The van der Waals surface area contributed by atoms with E-state index in [1.807, 2.05) is 6.92 Å². The van der Waals surface area contributed by atoms with Crippen molar-refractivity contribution < 1.29 is 9.59 Å². The molecule has 2 fully saturated rings. The number of hydrogen-bond acceptors (Lipinski definition) is 2. The van der Waals surface area contributed by atoms with E-state index in [-0.39, 0.29) is 23.9 Å². The Morgan fingerprint density at radius 2 is 2.31 bits per heavy atom. The molecule has 0 spiro atoms. The molecule has 2 rings (SSSR count). The molecule has 4 heteroatoms. The summed E-state index contributed by atoms with van der Waals surface area (Å²) in [5.74, 6) is 0.133. The molecule has 2 aliphatic rings. The van der Waals surface area contributed by atoms with E-state index < -0.39 is 0 Å². The zero-order chi connectivity index (χ0) is 9.42. The number of hydrogen-bond donors (Lipinski definition) is 1. The maximum Gasteiger partial charge on any atom is 0.245 e. The second-order valence-corrected chi connectivity index (χ2v) is 3.66. The van der Waals surface area contributed by atoms with Crippen molar-refractivity contribution >= 4 is 11.8 Å². The first kappa shape index (κ1) is 8.53. The molecule has 2 heterocycles. The van der Waals surface area contributed by atoms with Crippen LogP contribution in [-0.2, 0) is 9.59 Å². The van der Waals surface area contributed by atoms with Gasteiger partial charge in [0.2, 0.25) is 11.8 Å². The highest BCUT2D eigenvalue weighted by atomic mass is 16.2. The minimum Gasteiger partial charge on any atom is -0.343 e. The van der Waals surface area contributed by atoms with Crippen molar-refractivity contribution in [2.24, 2.45) is 0 Å². The van der Waals surface area contributed by atoms with Gasteiger partial charge in [0, 0.05) is 6.54 Å². The van der Waals surface area contributed by atoms with E-state index in [0.717, 1.165) is 19.4 Å². The molecule has 0 aliphatic carbocycles. The number of amides is 2. The molecule has 72 valence electrons. The van der Waals surface area contributed by atoms with Crippen molar-refractivity contribution in [3.05, 3.63) is 0 Å². The molecule has 2 unspecified atom stereocenters. The molecule has 0 aromatic rings. The Hall–Kier alpha value is -1.06. The van der Waals surface area contributed by atoms with Crippen LogP contribution < -0.4 is 5.32 Å². The van der Waals surface area contributed by atoms with Gasteiger partial charge in [0.1, 0.15) is 12.1 Å². The number of carbonyl (C=O) groups excluding carboxylic acids is 2. The van der Waals surface area contributed by atoms with Crippen molar-refractivity contribution in [3.8, 4) is 0 Å². The van der Waals surface area contributed by atoms with Crippen molar-refractivity contribution in [2.45, 2.75) is 38.3 Å². The first-order valence-electron chi connectivity index (χ1n) is 4.85. The molecule has 2 aliphatic heterocycles. The summed E-state index contributed by atoms with van der Waals surface area (Å²) in [4.78, 5) is 24.9. The number of piperazine rings is 1. The van der Waals surface area contributed by atoms with Crippen LogP contribution in [-0.4, -0.2) is 35.3 Å². The molecule has 0 aromatic carbocycles. The molecule has 13 heavy (non-hydrogen) atoms. The zero-order valence-corrected chi connectivity index (χ0v) is 7.75. The normalized spacial score (nSPS) is 33.2. The largest absolute Gasteiger partial charge is 0.343 e. The van der Waals surface area contributed by atoms with Gasteiger partial charge in [-0.15, -0.1) is 0 Å². The van der Waals surface area contributed by atoms with Crippen molar-refractivity contribution in [1.82, 2.24) is 10.2 Å². The van der Waals surface area contributed by atoms with Crippen LogP contribution in [0.4, 0.5) is 0 Å². The molecule has 2 amide bonds. The SMILES string of the molecule is CCC1NC(=O)C2CCCN2C1=O. The minimum absolute atomic E-state index is 0.0314. The van der Waals surface area contributed by atoms with Crippen molar-refractivity contribution in [2.75, 3.05) is 6.54 Å². The van der Waals surface area contributed by atoms with Gasteiger partial charge in [-0.25, -0.2) is 0 Å². The summed E-state index contributed by atoms with van der Waals surface area (Å²) in [5, 5.41) is 2.76. The highest BCUT2D eigenvalue weighted by molar-refractivity contribution is 5.97. The van der Waals surface area contributed by atoms with Crippen LogP contribution in [0.2, 0.25) is 0 Å². The molecule has 0 radical (unpaired) electrons. The third-order valence-electron chi connectivity index (χ3n) is 2.86. The van der Waals surface area contributed by atoms with Gasteiger partial charge in [0.05, 0.1) is 0 Å². The van der Waals surface area contributed by atoms with E-state index in [2.05, 4.69) is 5.32 Å². The van der Waals surface area contributed by atoms with Crippen LogP contribution in [0.5, 0.6) is 0 Å². The van der Waals surface area contributed by atoms with Gasteiger partial charge in [-0.2, -0.15) is 0 Å². The summed E-state index contributed by atoms with van der Waals surface area (Å²) >= 11 is 0. The number of nitrogens with zero attached hydrogens (tertiary/aromatic N) is 1. The van der Waals surface area contributed by atoms with Gasteiger partial charge in [0.25, 0.3) is 0 Å². The topological polar surface area (TPSA) is 49.4 Å². The Bertz CT molecular complexity index is 252. The second-order valence-electron chi connectivity index (χ2n) is 3.66. The molecule has 1 N–H and O–H groups in total. The number of carbonyl (C=O) groups is 2. The highest BCUT2D eigenvalue weighted by Gasteiger charge is 2.41. The Morgan fingerprint density at radius 3 is 3.00 bits per heavy atom. The monoisotopic (exact) mass is 182 g/mol. The van der Waals surface area contributed by atoms with Gasteiger partial charge >= 0.3 is 0 Å². The Morgan fingerprint density at radius 1 is 1.54 bits per heavy atom. The lowest BCUT2D eigenvalue weighted by atomic mass is 10.1. The predicted octanol–water partition coefficient (Wildman–Crippen LogP) is -0.114. The lowest BCUT2D eigenvalue weighted by Gasteiger charge is -2.34. The predicted molar refractivity (Wildman–Crippen MR) is 47.0 cm³/mol. The average Bonchev–Trinajstić information content (AvgIpc) is 2.60. The van der Waals surface area contributed by atoms with E-state index in [1.54, 1.807) is 4.90 Å². The van der Waals surface area contributed by atoms with E-state index in [9.17, 15) is 9.59 Å². The van der Waals surface area contributed by atoms with Crippen molar-refractivity contribution in [1.29, 1.82) is 0 Å². The van der Waals surface area contributed by atoms with Gasteiger partial charge in [-0.05, 0) is 19.3 Å². The highest BCUT2D eigenvalue weighted by Crippen LogP contribution is 2.22. The average molecular weight is 182 g/mol. The Kier molecular flexibility index (Phi) is 1.98. The van der Waals surface area contributed by atoms with Gasteiger partial charge in [-0.3, -0.25) is 9.59 Å². The summed E-state index contributed by atoms with van der Waals surface area (Å²) in [6, 6.07) is -0.447. The van der Waals surface area contributed by atoms with Crippen molar-refractivity contribution in [3.63, 3.8) is 0 Å². The third kappa shape index (κ3) is 1.20. The number of fused-ring (bicyclic) bond motifs is 1. The Balaban J connectivity index is 2.19. The molecular formula is C9H14N2O2. The summed E-state index contributed by atoms with van der Waals surface area (Å²) in [7, 11) is 0. The van der Waals surface area contributed by atoms with Crippen LogP contribution in [0, 0.1) is 0 Å². The lowest BCUT2D eigenvalue weighted by molar-refractivity contribution is -0.147. The second kappa shape index (κ2) is 3.01. The number of nitrogens with one attached hydrogen (secondary N) is 1. The summed E-state index contributed by atoms with van der Waals surface area (Å²) in [6.45, 7) is 2.67. The fourth-order valence-electron chi connectivity index (χ4n) is 2.11. The zero-order valence-electron chi connectivity index (χ0n) is 7.75. The molecule has 0 saturated carbocycles. The van der Waals surface area contributed by atoms with E-state index in [0.29, 0.717) is 6.42 Å². The maximum absolute atomic E-state index is 11.7. The molecule has 0 bridgehead atoms. The summed E-state index contributed by atoms with van der Waals surface area (Å²) < 4.78 is 0. The van der Waals surface area contributed by atoms with E-state index >= 15 is 0 Å². The third-order valence-corrected chi connectivity index (χ3v) is 2.86. The molecule has 2 atom stereocenters. The Labute approximate surface area is 77.3 Å². The molecule has 4 nitrogen and oxygen atoms in total. The summed E-state index contributed by atoms with van der Waals surface area (Å²) in [6.07, 6.45) is 2.47. The number of rotatable bonds is 1. The summed E-state index contributed by atoms with van der Waals surface area (Å²) in [5.41, 5.74) is 0. The van der Waals surface area contributed by atoms with E-state index in [4.69, 9.17) is 0 Å². The van der Waals surface area contributed by atoms with Crippen LogP contribution in [0.25, 0.3) is 0 Å². The fourth-order valence-corrected chi connectivity index (χ4v) is 2.11. The first-order valence-corrected chi connectivity index (χ1v) is 4.85.